The van der Waals surface area contributed by atoms with E-state index in [1.165, 1.54) is 24.3 Å². The Labute approximate surface area is 166 Å². The monoisotopic (exact) mass is 396 g/mol. The lowest BCUT2D eigenvalue weighted by molar-refractivity contribution is -0.122. The van der Waals surface area contributed by atoms with Crippen LogP contribution in [-0.4, -0.2) is 19.0 Å². The minimum Gasteiger partial charge on any atom is -0.345 e. The summed E-state index contributed by atoms with van der Waals surface area (Å²) in [6.07, 6.45) is 2.55. The zero-order chi connectivity index (χ0) is 19.0. The van der Waals surface area contributed by atoms with E-state index in [4.69, 9.17) is 0 Å². The number of nitrogens with one attached hydrogen (secondary N) is 2. The molecular formula is C21H27ClF2N2O. The van der Waals surface area contributed by atoms with Gasteiger partial charge >= 0.3 is 0 Å². The van der Waals surface area contributed by atoms with Crippen molar-refractivity contribution in [2.45, 2.75) is 38.6 Å². The van der Waals surface area contributed by atoms with Crippen LogP contribution in [-0.2, 0) is 16.8 Å². The van der Waals surface area contributed by atoms with Crippen molar-refractivity contribution in [1.29, 1.82) is 0 Å². The minimum atomic E-state index is -0.727. The fraction of sp³-hybridized carbons (Fsp3) is 0.381. The molecule has 0 bridgehead atoms. The maximum atomic E-state index is 13.3. The SMILES string of the molecule is CCCCNCC(=O)NC(C)(Cc1ccc(F)cc1)c1ccc(F)cc1.Cl. The fourth-order valence-corrected chi connectivity index (χ4v) is 2.90. The second-order valence-electron chi connectivity index (χ2n) is 6.72. The first kappa shape index (κ1) is 23.1. The maximum Gasteiger partial charge on any atom is 0.234 e. The zero-order valence-electron chi connectivity index (χ0n) is 15.7. The number of hydrogen-bond donors (Lipinski definition) is 2. The van der Waals surface area contributed by atoms with Crippen molar-refractivity contribution >= 4 is 18.3 Å². The summed E-state index contributed by atoms with van der Waals surface area (Å²) >= 11 is 0. The summed E-state index contributed by atoms with van der Waals surface area (Å²) in [5.41, 5.74) is 0.956. The third-order valence-electron chi connectivity index (χ3n) is 4.36. The largest absolute Gasteiger partial charge is 0.345 e. The summed E-state index contributed by atoms with van der Waals surface area (Å²) in [5.74, 6) is -0.762. The molecule has 0 aliphatic carbocycles. The average Bonchev–Trinajstić information content (AvgIpc) is 2.61. The van der Waals surface area contributed by atoms with Crippen molar-refractivity contribution in [3.05, 3.63) is 71.3 Å². The van der Waals surface area contributed by atoms with Crippen molar-refractivity contribution in [2.75, 3.05) is 13.1 Å². The molecule has 27 heavy (non-hydrogen) atoms. The number of unbranched alkanes of at least 4 members (excludes halogenated alkanes) is 1. The van der Waals surface area contributed by atoms with Gasteiger partial charge in [-0.25, -0.2) is 8.78 Å². The highest BCUT2D eigenvalue weighted by molar-refractivity contribution is 5.85. The van der Waals surface area contributed by atoms with Crippen LogP contribution >= 0.6 is 12.4 Å². The van der Waals surface area contributed by atoms with Gasteiger partial charge in [0, 0.05) is 0 Å². The molecule has 1 atom stereocenters. The summed E-state index contributed by atoms with van der Waals surface area (Å²) in [4.78, 5) is 12.4. The van der Waals surface area contributed by atoms with Crippen LogP contribution in [0.25, 0.3) is 0 Å². The van der Waals surface area contributed by atoms with Crippen LogP contribution in [0.2, 0.25) is 0 Å². The molecular weight excluding hydrogens is 370 g/mol. The summed E-state index contributed by atoms with van der Waals surface area (Å²) in [5, 5.41) is 6.17. The lowest BCUT2D eigenvalue weighted by atomic mass is 9.85. The number of carbonyl (C=O) groups is 1. The Morgan fingerprint density at radius 3 is 2.11 bits per heavy atom. The first-order chi connectivity index (χ1) is 12.4. The van der Waals surface area contributed by atoms with Crippen LogP contribution in [0.4, 0.5) is 8.78 Å². The number of carbonyl (C=O) groups excluding carboxylic acids is 1. The lowest BCUT2D eigenvalue weighted by Crippen LogP contribution is -2.48. The number of amides is 1. The van der Waals surface area contributed by atoms with Gasteiger partial charge in [0.1, 0.15) is 11.6 Å². The van der Waals surface area contributed by atoms with Gasteiger partial charge in [-0.05, 0) is 61.7 Å². The van der Waals surface area contributed by atoms with E-state index in [0.717, 1.165) is 30.5 Å². The fourth-order valence-electron chi connectivity index (χ4n) is 2.90. The molecule has 0 aliphatic rings. The molecule has 0 aromatic heterocycles. The third kappa shape index (κ3) is 7.27. The molecule has 0 aliphatic heterocycles. The normalized spacial score (nSPS) is 12.7. The summed E-state index contributed by atoms with van der Waals surface area (Å²) < 4.78 is 26.5. The van der Waals surface area contributed by atoms with Gasteiger partial charge in [0.25, 0.3) is 0 Å². The molecule has 0 saturated heterocycles. The number of halogens is 3. The highest BCUT2D eigenvalue weighted by atomic mass is 35.5. The van der Waals surface area contributed by atoms with E-state index >= 15 is 0 Å². The molecule has 2 N–H and O–H groups in total. The number of benzene rings is 2. The van der Waals surface area contributed by atoms with E-state index in [9.17, 15) is 13.6 Å². The standard InChI is InChI=1S/C21H26F2N2O.ClH/c1-3-4-13-24-15-20(26)25-21(2,17-7-11-19(23)12-8-17)14-16-5-9-18(22)10-6-16;/h5-12,24H,3-4,13-15H2,1-2H3,(H,25,26);1H. The van der Waals surface area contributed by atoms with Gasteiger partial charge in [0.15, 0.2) is 0 Å². The highest BCUT2D eigenvalue weighted by Crippen LogP contribution is 2.26. The Hall–Kier alpha value is -1.98. The van der Waals surface area contributed by atoms with Crippen LogP contribution in [0, 0.1) is 11.6 Å². The van der Waals surface area contributed by atoms with Crippen molar-refractivity contribution in [3.63, 3.8) is 0 Å². The van der Waals surface area contributed by atoms with Gasteiger partial charge in [0.2, 0.25) is 5.91 Å². The minimum absolute atomic E-state index is 0. The van der Waals surface area contributed by atoms with Gasteiger partial charge in [-0.1, -0.05) is 37.6 Å². The van der Waals surface area contributed by atoms with Gasteiger partial charge < -0.3 is 10.6 Å². The molecule has 0 spiro atoms. The summed E-state index contributed by atoms with van der Waals surface area (Å²) in [6, 6.07) is 12.3. The van der Waals surface area contributed by atoms with Crippen molar-refractivity contribution in [1.82, 2.24) is 10.6 Å². The Kier molecular flexibility index (Phi) is 9.39. The quantitative estimate of drug-likeness (QED) is 0.619. The smallest absolute Gasteiger partial charge is 0.234 e. The Balaban J connectivity index is 0.00000364. The van der Waals surface area contributed by atoms with Crippen LogP contribution in [0.15, 0.2) is 48.5 Å². The van der Waals surface area contributed by atoms with E-state index in [0.29, 0.717) is 6.42 Å². The zero-order valence-corrected chi connectivity index (χ0v) is 16.5. The molecule has 0 heterocycles. The Bertz CT molecular complexity index is 707. The molecule has 2 aromatic rings. The molecule has 148 valence electrons. The molecule has 2 rings (SSSR count). The van der Waals surface area contributed by atoms with E-state index < -0.39 is 5.54 Å². The molecule has 1 unspecified atom stereocenters. The molecule has 0 radical (unpaired) electrons. The number of hydrogen-bond acceptors (Lipinski definition) is 2. The van der Waals surface area contributed by atoms with Crippen molar-refractivity contribution in [3.8, 4) is 0 Å². The van der Waals surface area contributed by atoms with Gasteiger partial charge in [-0.15, -0.1) is 12.4 Å². The lowest BCUT2D eigenvalue weighted by Gasteiger charge is -2.32. The molecule has 6 heteroatoms. The molecule has 2 aromatic carbocycles. The topological polar surface area (TPSA) is 41.1 Å². The van der Waals surface area contributed by atoms with E-state index in [1.807, 2.05) is 6.92 Å². The Morgan fingerprint density at radius 2 is 1.56 bits per heavy atom. The first-order valence-electron chi connectivity index (χ1n) is 8.95. The second-order valence-corrected chi connectivity index (χ2v) is 6.72. The predicted octanol–water partition coefficient (Wildman–Crippen LogP) is 4.35. The second kappa shape index (κ2) is 11.0. The first-order valence-corrected chi connectivity index (χ1v) is 8.95. The average molecular weight is 397 g/mol. The predicted molar refractivity (Wildman–Crippen MR) is 107 cm³/mol. The van der Waals surface area contributed by atoms with Gasteiger partial charge in [0.05, 0.1) is 12.1 Å². The summed E-state index contributed by atoms with van der Waals surface area (Å²) in [6.45, 7) is 5.00. The van der Waals surface area contributed by atoms with Crippen molar-refractivity contribution in [2.24, 2.45) is 0 Å². The van der Waals surface area contributed by atoms with Crippen LogP contribution in [0.5, 0.6) is 0 Å². The van der Waals surface area contributed by atoms with Crippen LogP contribution < -0.4 is 10.6 Å². The number of rotatable bonds is 9. The highest BCUT2D eigenvalue weighted by Gasteiger charge is 2.29. The molecule has 1 amide bonds. The van der Waals surface area contributed by atoms with Crippen LogP contribution in [0.3, 0.4) is 0 Å². The summed E-state index contributed by atoms with van der Waals surface area (Å²) in [7, 11) is 0. The Morgan fingerprint density at radius 1 is 1.00 bits per heavy atom. The van der Waals surface area contributed by atoms with Gasteiger partial charge in [-0.2, -0.15) is 0 Å². The molecule has 3 nitrogen and oxygen atoms in total. The van der Waals surface area contributed by atoms with Crippen LogP contribution in [0.1, 0.15) is 37.8 Å². The van der Waals surface area contributed by atoms with E-state index in [1.54, 1.807) is 24.3 Å². The van der Waals surface area contributed by atoms with E-state index in [-0.39, 0.29) is 36.5 Å². The maximum absolute atomic E-state index is 13.3. The third-order valence-corrected chi connectivity index (χ3v) is 4.36. The van der Waals surface area contributed by atoms with E-state index in [2.05, 4.69) is 17.6 Å². The van der Waals surface area contributed by atoms with Crippen molar-refractivity contribution < 1.29 is 13.6 Å². The molecule has 0 fully saturated rings. The molecule has 0 saturated carbocycles. The van der Waals surface area contributed by atoms with Gasteiger partial charge in [-0.3, -0.25) is 4.79 Å².